The molecule has 1 aliphatic rings. The summed E-state index contributed by atoms with van der Waals surface area (Å²) in [7, 11) is 1.70. The lowest BCUT2D eigenvalue weighted by Crippen LogP contribution is -2.61. The van der Waals surface area contributed by atoms with E-state index in [0.29, 0.717) is 17.9 Å². The van der Waals surface area contributed by atoms with E-state index in [1.54, 1.807) is 11.8 Å². The summed E-state index contributed by atoms with van der Waals surface area (Å²) in [5.74, 6) is -0.163. The predicted octanol–water partition coefficient (Wildman–Crippen LogP) is 1.03. The number of rotatable bonds is 4. The molecule has 6 heteroatoms. The van der Waals surface area contributed by atoms with E-state index < -0.39 is 0 Å². The van der Waals surface area contributed by atoms with Crippen LogP contribution in [0.1, 0.15) is 37.7 Å². The number of carbonyl (C=O) groups is 1. The highest BCUT2D eigenvalue weighted by Gasteiger charge is 2.49. The van der Waals surface area contributed by atoms with Gasteiger partial charge in [0, 0.05) is 25.1 Å². The Morgan fingerprint density at radius 2 is 2.37 bits per heavy atom. The fourth-order valence-corrected chi connectivity index (χ4v) is 2.64. The van der Waals surface area contributed by atoms with Crippen molar-refractivity contribution in [3.63, 3.8) is 0 Å². The topological polar surface area (TPSA) is 82.2 Å². The number of nitrogens with two attached hydrogens (primary N) is 1. The van der Waals surface area contributed by atoms with Crippen molar-refractivity contribution in [3.8, 4) is 0 Å². The summed E-state index contributed by atoms with van der Waals surface area (Å²) >= 11 is 0. The second-order valence-electron chi connectivity index (χ2n) is 5.57. The van der Waals surface area contributed by atoms with Crippen LogP contribution < -0.4 is 11.1 Å². The van der Waals surface area contributed by atoms with Gasteiger partial charge in [-0.1, -0.05) is 13.8 Å². The minimum absolute atomic E-state index is 0.0593. The number of nitrogen functional groups attached to an aromatic ring is 1. The standard InChI is InChI=1S/C13H22N4O2/c1-5-17-11(8(14)7-15-17)12(18)16-9-6-10(19-4)13(9,2)3/h7,9-10H,5-6,14H2,1-4H3,(H,16,18). The summed E-state index contributed by atoms with van der Waals surface area (Å²) in [5.41, 5.74) is 6.61. The molecule has 0 spiro atoms. The largest absolute Gasteiger partial charge is 0.396 e. The van der Waals surface area contributed by atoms with Crippen molar-refractivity contribution in [2.75, 3.05) is 12.8 Å². The number of amides is 1. The van der Waals surface area contributed by atoms with E-state index in [1.165, 1.54) is 6.20 Å². The molecule has 1 aromatic rings. The molecule has 2 rings (SSSR count). The van der Waals surface area contributed by atoms with Gasteiger partial charge in [0.15, 0.2) is 0 Å². The van der Waals surface area contributed by atoms with Gasteiger partial charge in [-0.15, -0.1) is 0 Å². The number of methoxy groups -OCH3 is 1. The zero-order valence-electron chi connectivity index (χ0n) is 11.9. The summed E-state index contributed by atoms with van der Waals surface area (Å²) < 4.78 is 6.99. The van der Waals surface area contributed by atoms with Crippen LogP contribution in [0.5, 0.6) is 0 Å². The SMILES string of the molecule is CCn1ncc(N)c1C(=O)NC1CC(OC)C1(C)C. The van der Waals surface area contributed by atoms with Crippen LogP contribution in [-0.2, 0) is 11.3 Å². The van der Waals surface area contributed by atoms with Crippen molar-refractivity contribution >= 4 is 11.6 Å². The number of anilines is 1. The zero-order chi connectivity index (χ0) is 14.2. The molecule has 0 aromatic carbocycles. The lowest BCUT2D eigenvalue weighted by molar-refractivity contribution is -0.0943. The number of nitrogens with one attached hydrogen (secondary N) is 1. The zero-order valence-corrected chi connectivity index (χ0v) is 11.9. The lowest BCUT2D eigenvalue weighted by Gasteiger charge is -2.51. The van der Waals surface area contributed by atoms with Crippen LogP contribution in [0.3, 0.4) is 0 Å². The van der Waals surface area contributed by atoms with Crippen LogP contribution in [0.4, 0.5) is 5.69 Å². The Labute approximate surface area is 113 Å². The molecule has 0 saturated heterocycles. The Hall–Kier alpha value is -1.56. The smallest absolute Gasteiger partial charge is 0.271 e. The third-order valence-electron chi connectivity index (χ3n) is 4.15. The van der Waals surface area contributed by atoms with Gasteiger partial charge in [0.05, 0.1) is 18.0 Å². The van der Waals surface area contributed by atoms with E-state index in [0.717, 1.165) is 6.42 Å². The molecular formula is C13H22N4O2. The number of hydrogen-bond acceptors (Lipinski definition) is 4. The molecule has 0 aliphatic heterocycles. The molecular weight excluding hydrogens is 244 g/mol. The molecule has 1 aromatic heterocycles. The Morgan fingerprint density at radius 1 is 1.68 bits per heavy atom. The first kappa shape index (κ1) is 13.9. The Balaban J connectivity index is 2.09. The van der Waals surface area contributed by atoms with Gasteiger partial charge in [0.25, 0.3) is 5.91 Å². The third kappa shape index (κ3) is 2.20. The monoisotopic (exact) mass is 266 g/mol. The molecule has 3 N–H and O–H groups in total. The average molecular weight is 266 g/mol. The number of carbonyl (C=O) groups excluding carboxylic acids is 1. The van der Waals surface area contributed by atoms with Crippen molar-refractivity contribution in [3.05, 3.63) is 11.9 Å². The molecule has 1 saturated carbocycles. The number of aryl methyl sites for hydroxylation is 1. The van der Waals surface area contributed by atoms with E-state index in [2.05, 4.69) is 24.3 Å². The summed E-state index contributed by atoms with van der Waals surface area (Å²) in [5, 5.41) is 7.11. The molecule has 0 radical (unpaired) electrons. The molecule has 1 fully saturated rings. The van der Waals surface area contributed by atoms with E-state index in [-0.39, 0.29) is 23.5 Å². The van der Waals surface area contributed by atoms with E-state index in [4.69, 9.17) is 10.5 Å². The Bertz CT molecular complexity index is 481. The first-order valence-corrected chi connectivity index (χ1v) is 6.56. The minimum atomic E-state index is -0.163. The van der Waals surface area contributed by atoms with Crippen LogP contribution in [0.25, 0.3) is 0 Å². The quantitative estimate of drug-likeness (QED) is 0.852. The fourth-order valence-electron chi connectivity index (χ4n) is 2.64. The molecule has 6 nitrogen and oxygen atoms in total. The van der Waals surface area contributed by atoms with Crippen molar-refractivity contribution in [1.82, 2.24) is 15.1 Å². The van der Waals surface area contributed by atoms with Gasteiger partial charge in [-0.2, -0.15) is 5.10 Å². The van der Waals surface area contributed by atoms with Gasteiger partial charge in [-0.25, -0.2) is 0 Å². The van der Waals surface area contributed by atoms with Crippen molar-refractivity contribution in [2.45, 2.75) is 45.9 Å². The molecule has 2 atom stereocenters. The number of ether oxygens (including phenoxy) is 1. The summed E-state index contributed by atoms with van der Waals surface area (Å²) in [6, 6.07) is 0.101. The van der Waals surface area contributed by atoms with Gasteiger partial charge in [0.2, 0.25) is 0 Å². The maximum Gasteiger partial charge on any atom is 0.271 e. The molecule has 1 heterocycles. The highest BCUT2D eigenvalue weighted by Crippen LogP contribution is 2.42. The first-order chi connectivity index (χ1) is 8.91. The van der Waals surface area contributed by atoms with E-state index in [9.17, 15) is 4.79 Å². The normalized spacial score (nSPS) is 24.8. The van der Waals surface area contributed by atoms with Crippen LogP contribution in [0, 0.1) is 5.41 Å². The Kier molecular flexibility index (Phi) is 3.54. The van der Waals surface area contributed by atoms with E-state index in [1.807, 2.05) is 6.92 Å². The van der Waals surface area contributed by atoms with Crippen LogP contribution in [0.2, 0.25) is 0 Å². The Morgan fingerprint density at radius 3 is 2.89 bits per heavy atom. The van der Waals surface area contributed by atoms with Gasteiger partial charge in [-0.3, -0.25) is 9.48 Å². The number of aromatic nitrogens is 2. The highest BCUT2D eigenvalue weighted by atomic mass is 16.5. The van der Waals surface area contributed by atoms with Crippen LogP contribution in [-0.4, -0.2) is 34.9 Å². The minimum Gasteiger partial charge on any atom is -0.396 e. The first-order valence-electron chi connectivity index (χ1n) is 6.56. The number of nitrogens with zero attached hydrogens (tertiary/aromatic N) is 2. The molecule has 1 aliphatic carbocycles. The molecule has 19 heavy (non-hydrogen) atoms. The average Bonchev–Trinajstić information content (AvgIpc) is 2.74. The molecule has 1 amide bonds. The lowest BCUT2D eigenvalue weighted by atomic mass is 9.64. The summed E-state index contributed by atoms with van der Waals surface area (Å²) in [6.45, 7) is 6.73. The van der Waals surface area contributed by atoms with Gasteiger partial charge in [0.1, 0.15) is 5.69 Å². The second-order valence-corrected chi connectivity index (χ2v) is 5.57. The van der Waals surface area contributed by atoms with E-state index >= 15 is 0 Å². The highest BCUT2D eigenvalue weighted by molar-refractivity contribution is 5.97. The summed E-state index contributed by atoms with van der Waals surface area (Å²) in [6.07, 6.45) is 2.53. The molecule has 2 unspecified atom stereocenters. The van der Waals surface area contributed by atoms with Gasteiger partial charge < -0.3 is 15.8 Å². The molecule has 0 bridgehead atoms. The fraction of sp³-hybridized carbons (Fsp3) is 0.692. The maximum atomic E-state index is 12.3. The van der Waals surface area contributed by atoms with Crippen molar-refractivity contribution in [1.29, 1.82) is 0 Å². The van der Waals surface area contributed by atoms with Gasteiger partial charge >= 0.3 is 0 Å². The van der Waals surface area contributed by atoms with Gasteiger partial charge in [-0.05, 0) is 13.3 Å². The van der Waals surface area contributed by atoms with Crippen LogP contribution >= 0.6 is 0 Å². The summed E-state index contributed by atoms with van der Waals surface area (Å²) in [4.78, 5) is 12.3. The van der Waals surface area contributed by atoms with Crippen molar-refractivity contribution < 1.29 is 9.53 Å². The predicted molar refractivity (Wildman–Crippen MR) is 72.8 cm³/mol. The third-order valence-corrected chi connectivity index (χ3v) is 4.15. The number of hydrogen-bond donors (Lipinski definition) is 2. The van der Waals surface area contributed by atoms with Crippen LogP contribution in [0.15, 0.2) is 6.20 Å². The second kappa shape index (κ2) is 4.85. The van der Waals surface area contributed by atoms with Crippen molar-refractivity contribution in [2.24, 2.45) is 5.41 Å². The maximum absolute atomic E-state index is 12.3. The molecule has 106 valence electrons.